The molecule has 0 saturated carbocycles. The number of aliphatic hydroxyl groups is 1. The lowest BCUT2D eigenvalue weighted by Gasteiger charge is -2.48. The van der Waals surface area contributed by atoms with E-state index in [4.69, 9.17) is 38.3 Å². The van der Waals surface area contributed by atoms with Gasteiger partial charge in [0.2, 0.25) is 0 Å². The summed E-state index contributed by atoms with van der Waals surface area (Å²) in [5.74, 6) is -2.25. The first-order valence-corrected chi connectivity index (χ1v) is 21.9. The van der Waals surface area contributed by atoms with E-state index in [9.17, 15) is 14.7 Å². The molecular weight excluding hydrogens is 785 g/mol. The van der Waals surface area contributed by atoms with E-state index in [1.165, 1.54) is 0 Å². The summed E-state index contributed by atoms with van der Waals surface area (Å²) in [7, 11) is 3.88. The summed E-state index contributed by atoms with van der Waals surface area (Å²) in [4.78, 5) is 47.1. The molecule has 5 aliphatic rings. The fourth-order valence-electron chi connectivity index (χ4n) is 10.6. The Labute approximate surface area is 359 Å². The second-order valence-corrected chi connectivity index (χ2v) is 18.4. The summed E-state index contributed by atoms with van der Waals surface area (Å²) >= 11 is 0. The van der Waals surface area contributed by atoms with Gasteiger partial charge in [-0.1, -0.05) is 45.0 Å². The highest BCUT2D eigenvalue weighted by molar-refractivity contribution is 5.91. The second-order valence-electron chi connectivity index (χ2n) is 18.4. The number of cyclic esters (lactones) is 1. The number of esters is 1. The first kappa shape index (κ1) is 45.1. The number of benzene rings is 1. The maximum absolute atomic E-state index is 14.6. The molecule has 0 spiro atoms. The predicted molar refractivity (Wildman–Crippen MR) is 226 cm³/mol. The Morgan fingerprint density at radius 3 is 2.49 bits per heavy atom. The molecule has 4 bridgehead atoms. The summed E-state index contributed by atoms with van der Waals surface area (Å²) in [5, 5.41) is 16.4. The number of imidazole rings is 1. The fourth-order valence-corrected chi connectivity index (χ4v) is 10.6. The quantitative estimate of drug-likeness (QED) is 0.278. The minimum atomic E-state index is -1.14. The third-order valence-corrected chi connectivity index (χ3v) is 13.7. The Morgan fingerprint density at radius 1 is 1.05 bits per heavy atom. The molecular formula is C45H66N6O10. The van der Waals surface area contributed by atoms with Gasteiger partial charge in [-0.15, -0.1) is 0 Å². The van der Waals surface area contributed by atoms with Crippen molar-refractivity contribution in [2.24, 2.45) is 33.8 Å². The van der Waals surface area contributed by atoms with Crippen molar-refractivity contribution in [2.75, 3.05) is 40.4 Å². The van der Waals surface area contributed by atoms with Gasteiger partial charge < -0.3 is 47.8 Å². The molecule has 4 fully saturated rings. The van der Waals surface area contributed by atoms with Gasteiger partial charge in [0.15, 0.2) is 11.9 Å². The minimum absolute atomic E-state index is 0.000148. The van der Waals surface area contributed by atoms with Crippen LogP contribution in [0, 0.1) is 23.7 Å². The largest absolute Gasteiger partial charge is 0.458 e. The van der Waals surface area contributed by atoms with Gasteiger partial charge >= 0.3 is 12.1 Å². The number of aliphatic imine (C=N–C) groups is 1. The number of rotatable bonds is 8. The monoisotopic (exact) mass is 850 g/mol. The van der Waals surface area contributed by atoms with Crippen molar-refractivity contribution in [1.29, 1.82) is 0 Å². The number of aromatic nitrogens is 2. The zero-order valence-electron chi connectivity index (χ0n) is 37.4. The van der Waals surface area contributed by atoms with E-state index in [0.717, 1.165) is 17.0 Å². The molecule has 2 aromatic rings. The number of nitrogens with zero attached hydrogens (tertiary/aromatic N) is 6. The standard InChI is InChI=1S/C45H66N6O10/c1-11-35-45(8)39-28(4)36(47-17-19-51(39)43(54)61-45)26(2)21-44(7)40(60-42-37(52)34(49(9)10)20-27(3)58-42)29(5)38(30(6)41(53)59-35)55-23-32(24-56-44)48-57-22-31-12-14-33(15-13-31)50-18-16-46-25-50/h12-16,18,25-30,34-35,37-40,42,52H,11,17,19-24H2,1-10H3/t26-,27+,28+,29-,30-,34-,35+,37+,38+,39-,40+,42-,44-,45-/m1/s1. The van der Waals surface area contributed by atoms with Crippen molar-refractivity contribution in [1.82, 2.24) is 19.4 Å². The molecule has 1 amide bonds. The maximum Gasteiger partial charge on any atom is 0.410 e. The molecule has 5 aliphatic heterocycles. The van der Waals surface area contributed by atoms with Crippen molar-refractivity contribution in [3.63, 3.8) is 0 Å². The van der Waals surface area contributed by atoms with Crippen LogP contribution in [0.1, 0.15) is 80.2 Å². The van der Waals surface area contributed by atoms with Crippen LogP contribution in [-0.4, -0.2) is 148 Å². The molecule has 1 N–H and O–H groups in total. The molecule has 6 heterocycles. The van der Waals surface area contributed by atoms with E-state index in [1.54, 1.807) is 24.3 Å². The van der Waals surface area contributed by atoms with Crippen LogP contribution in [0.3, 0.4) is 0 Å². The number of ether oxygens (including phenoxy) is 6. The molecule has 16 nitrogen and oxygen atoms in total. The van der Waals surface area contributed by atoms with Crippen LogP contribution < -0.4 is 0 Å². The molecule has 16 heteroatoms. The van der Waals surface area contributed by atoms with Crippen LogP contribution in [-0.2, 0) is 44.7 Å². The van der Waals surface area contributed by atoms with Gasteiger partial charge in [-0.25, -0.2) is 9.78 Å². The van der Waals surface area contributed by atoms with Crippen LogP contribution in [0.2, 0.25) is 0 Å². The van der Waals surface area contributed by atoms with E-state index >= 15 is 0 Å². The predicted octanol–water partition coefficient (Wildman–Crippen LogP) is 5.03. The first-order chi connectivity index (χ1) is 29.0. The van der Waals surface area contributed by atoms with Crippen molar-refractivity contribution in [3.05, 3.63) is 48.5 Å². The van der Waals surface area contributed by atoms with Crippen molar-refractivity contribution in [3.8, 4) is 5.69 Å². The van der Waals surface area contributed by atoms with Gasteiger partial charge in [0, 0.05) is 48.2 Å². The van der Waals surface area contributed by atoms with E-state index < -0.39 is 71.8 Å². The van der Waals surface area contributed by atoms with Crippen LogP contribution in [0.25, 0.3) is 5.69 Å². The lowest BCUT2D eigenvalue weighted by Crippen LogP contribution is -2.60. The van der Waals surface area contributed by atoms with Gasteiger partial charge in [0.05, 0.1) is 62.0 Å². The van der Waals surface area contributed by atoms with Crippen molar-refractivity contribution in [2.45, 2.75) is 141 Å². The molecule has 0 radical (unpaired) electrons. The van der Waals surface area contributed by atoms with Crippen LogP contribution >= 0.6 is 0 Å². The second kappa shape index (κ2) is 18.4. The highest BCUT2D eigenvalue weighted by Crippen LogP contribution is 2.45. The molecule has 61 heavy (non-hydrogen) atoms. The Hall–Kier alpha value is -3.93. The number of hydrogen-bond donors (Lipinski definition) is 1. The number of carbonyl (C=O) groups excluding carboxylic acids is 2. The molecule has 336 valence electrons. The highest BCUT2D eigenvalue weighted by atomic mass is 16.7. The van der Waals surface area contributed by atoms with Gasteiger partial charge in [0.1, 0.15) is 24.5 Å². The number of likely N-dealkylation sites (N-methyl/N-ethyl adjacent to an activating group) is 1. The molecule has 4 saturated heterocycles. The lowest BCUT2D eigenvalue weighted by atomic mass is 9.72. The van der Waals surface area contributed by atoms with Crippen LogP contribution in [0.15, 0.2) is 53.1 Å². The Kier molecular flexibility index (Phi) is 13.6. The zero-order chi connectivity index (χ0) is 43.8. The van der Waals surface area contributed by atoms with E-state index in [-0.39, 0.29) is 43.8 Å². The molecule has 1 aromatic carbocycles. The van der Waals surface area contributed by atoms with Crippen LogP contribution in [0.4, 0.5) is 4.79 Å². The average molecular weight is 851 g/mol. The highest BCUT2D eigenvalue weighted by Gasteiger charge is 2.60. The van der Waals surface area contributed by atoms with E-state index in [0.29, 0.717) is 38.1 Å². The lowest BCUT2D eigenvalue weighted by molar-refractivity contribution is -0.302. The number of fused-ring (bicyclic) bond motifs is 4. The van der Waals surface area contributed by atoms with E-state index in [2.05, 4.69) is 24.0 Å². The molecule has 0 aliphatic carbocycles. The van der Waals surface area contributed by atoms with Crippen molar-refractivity contribution < 1.29 is 48.0 Å². The Bertz CT molecular complexity index is 1890. The summed E-state index contributed by atoms with van der Waals surface area (Å²) in [6, 6.07) is 7.27. The fraction of sp³-hybridized carbons (Fsp3) is 0.711. The normalized spacial score (nSPS) is 39.4. The minimum Gasteiger partial charge on any atom is -0.458 e. The number of aliphatic hydroxyl groups excluding tert-OH is 1. The van der Waals surface area contributed by atoms with Gasteiger partial charge in [-0.3, -0.25) is 14.7 Å². The van der Waals surface area contributed by atoms with Crippen LogP contribution in [0.5, 0.6) is 0 Å². The van der Waals surface area contributed by atoms with Gasteiger partial charge in [0.25, 0.3) is 0 Å². The molecule has 7 rings (SSSR count). The molecule has 14 atom stereocenters. The summed E-state index contributed by atoms with van der Waals surface area (Å²) in [5.41, 5.74) is 1.07. The Balaban J connectivity index is 1.27. The summed E-state index contributed by atoms with van der Waals surface area (Å²) < 4.78 is 41.8. The first-order valence-electron chi connectivity index (χ1n) is 21.9. The third kappa shape index (κ3) is 9.12. The van der Waals surface area contributed by atoms with Gasteiger partial charge in [-0.2, -0.15) is 0 Å². The number of hydrogen-bond acceptors (Lipinski definition) is 14. The molecule has 0 unspecified atom stereocenters. The topological polar surface area (TPSA) is 168 Å². The Morgan fingerprint density at radius 2 is 1.80 bits per heavy atom. The maximum atomic E-state index is 14.6. The van der Waals surface area contributed by atoms with E-state index in [1.807, 2.05) is 88.6 Å². The summed E-state index contributed by atoms with van der Waals surface area (Å²) in [6.07, 6.45) is 1.92. The molecule has 1 aromatic heterocycles. The van der Waals surface area contributed by atoms with Crippen molar-refractivity contribution >= 4 is 23.5 Å². The summed E-state index contributed by atoms with van der Waals surface area (Å²) in [6.45, 7) is 16.8. The number of amides is 1. The SMILES string of the molecule is CC[C@@H]1OC(=O)[C@H](C)[C@H]2OCC(=NOCc3ccc(-n4ccnc4)cc3)CO[C@](C)(C[C@@H](C)C3=NCCN4C(=O)O[C@@]1(C)[C@H]4[C@H]3C)[C@@H](O[C@H]1O[C@@H](C)C[C@@H](N(C)C)[C@@H]1O)[C@@H]2C. The average Bonchev–Trinajstić information content (AvgIpc) is 3.81. The smallest absolute Gasteiger partial charge is 0.410 e. The number of oxime groups is 1. The third-order valence-electron chi connectivity index (χ3n) is 13.7. The van der Waals surface area contributed by atoms with Gasteiger partial charge in [-0.05, 0) is 84.7 Å². The number of carbonyl (C=O) groups is 2. The zero-order valence-corrected chi connectivity index (χ0v) is 37.4.